The fourth-order valence-corrected chi connectivity index (χ4v) is 3.67. The first-order chi connectivity index (χ1) is 13.3. The second-order valence-corrected chi connectivity index (χ2v) is 6.96. The van der Waals surface area contributed by atoms with Crippen molar-refractivity contribution in [1.29, 1.82) is 0 Å². The van der Waals surface area contributed by atoms with Gasteiger partial charge in [0, 0.05) is 24.1 Å². The van der Waals surface area contributed by atoms with Crippen molar-refractivity contribution in [2.45, 2.75) is 24.4 Å². The third kappa shape index (κ3) is 3.59. The maximum atomic E-state index is 5.41. The summed E-state index contributed by atoms with van der Waals surface area (Å²) in [6.45, 7) is 6.42. The summed E-state index contributed by atoms with van der Waals surface area (Å²) < 4.78 is 9.34. The summed E-state index contributed by atoms with van der Waals surface area (Å²) in [5.41, 5.74) is 3.12. The van der Waals surface area contributed by atoms with Crippen molar-refractivity contribution in [3.63, 3.8) is 0 Å². The molecule has 6 nitrogen and oxygen atoms in total. The SMILES string of the molecule is C=CCn1c(SCc2cnn(-c3ccccc3)c2)nnc1-c1ccoc1C. The molecule has 0 unspecified atom stereocenters. The van der Waals surface area contributed by atoms with Gasteiger partial charge in [-0.1, -0.05) is 36.0 Å². The zero-order chi connectivity index (χ0) is 18.6. The van der Waals surface area contributed by atoms with Gasteiger partial charge in [0.2, 0.25) is 0 Å². The highest BCUT2D eigenvalue weighted by Crippen LogP contribution is 2.28. The smallest absolute Gasteiger partial charge is 0.192 e. The van der Waals surface area contributed by atoms with Crippen LogP contribution in [0.25, 0.3) is 17.1 Å². The first-order valence-electron chi connectivity index (χ1n) is 8.56. The summed E-state index contributed by atoms with van der Waals surface area (Å²) in [5, 5.41) is 14.0. The lowest BCUT2D eigenvalue weighted by Crippen LogP contribution is -2.00. The molecule has 7 heteroatoms. The standard InChI is InChI=1S/C20H19N5OS/c1-3-10-24-19(18-9-11-26-15(18)2)22-23-20(24)27-14-16-12-21-25(13-16)17-7-5-4-6-8-17/h3-9,11-13H,1,10,14H2,2H3. The van der Waals surface area contributed by atoms with E-state index >= 15 is 0 Å². The van der Waals surface area contributed by atoms with Gasteiger partial charge in [0.25, 0.3) is 0 Å². The lowest BCUT2D eigenvalue weighted by molar-refractivity contribution is 0.534. The maximum Gasteiger partial charge on any atom is 0.192 e. The normalized spacial score (nSPS) is 11.0. The van der Waals surface area contributed by atoms with Gasteiger partial charge in [-0.05, 0) is 25.1 Å². The summed E-state index contributed by atoms with van der Waals surface area (Å²) in [5.74, 6) is 2.38. The van der Waals surface area contributed by atoms with Gasteiger partial charge >= 0.3 is 0 Å². The van der Waals surface area contributed by atoms with Crippen LogP contribution in [0, 0.1) is 6.92 Å². The van der Waals surface area contributed by atoms with E-state index in [1.165, 1.54) is 0 Å². The maximum absolute atomic E-state index is 5.41. The van der Waals surface area contributed by atoms with E-state index in [4.69, 9.17) is 4.42 Å². The van der Waals surface area contributed by atoms with Crippen LogP contribution in [0.5, 0.6) is 0 Å². The summed E-state index contributed by atoms with van der Waals surface area (Å²) in [4.78, 5) is 0. The number of nitrogens with zero attached hydrogens (tertiary/aromatic N) is 5. The minimum atomic E-state index is 0.637. The largest absolute Gasteiger partial charge is 0.469 e. The quantitative estimate of drug-likeness (QED) is 0.350. The molecule has 0 aliphatic carbocycles. The summed E-state index contributed by atoms with van der Waals surface area (Å²) in [7, 11) is 0. The number of hydrogen-bond acceptors (Lipinski definition) is 5. The number of benzene rings is 1. The molecule has 0 aliphatic heterocycles. The molecular formula is C20H19N5OS. The minimum Gasteiger partial charge on any atom is -0.469 e. The molecule has 0 saturated heterocycles. The monoisotopic (exact) mass is 377 g/mol. The molecule has 136 valence electrons. The number of rotatable bonds is 7. The van der Waals surface area contributed by atoms with Crippen molar-refractivity contribution in [2.24, 2.45) is 0 Å². The van der Waals surface area contributed by atoms with Gasteiger partial charge in [-0.25, -0.2) is 4.68 Å². The van der Waals surface area contributed by atoms with E-state index in [0.29, 0.717) is 6.54 Å². The molecule has 4 rings (SSSR count). The second kappa shape index (κ2) is 7.67. The number of para-hydroxylation sites is 1. The van der Waals surface area contributed by atoms with Crippen molar-refractivity contribution < 1.29 is 4.42 Å². The predicted molar refractivity (Wildman–Crippen MR) is 106 cm³/mol. The van der Waals surface area contributed by atoms with Crippen LogP contribution in [0.2, 0.25) is 0 Å². The molecule has 0 radical (unpaired) electrons. The van der Waals surface area contributed by atoms with E-state index < -0.39 is 0 Å². The van der Waals surface area contributed by atoms with Crippen LogP contribution in [-0.4, -0.2) is 24.5 Å². The molecule has 3 heterocycles. The van der Waals surface area contributed by atoms with E-state index in [0.717, 1.165) is 39.3 Å². The van der Waals surface area contributed by atoms with Crippen LogP contribution in [0.4, 0.5) is 0 Å². The van der Waals surface area contributed by atoms with Gasteiger partial charge in [-0.2, -0.15) is 5.10 Å². The van der Waals surface area contributed by atoms with Gasteiger partial charge < -0.3 is 4.42 Å². The number of hydrogen-bond donors (Lipinski definition) is 0. The second-order valence-electron chi connectivity index (χ2n) is 6.01. The molecule has 0 bridgehead atoms. The van der Waals surface area contributed by atoms with Crippen LogP contribution >= 0.6 is 11.8 Å². The first kappa shape index (κ1) is 17.4. The Kier molecular flexibility index (Phi) is 4.93. The molecule has 0 aliphatic rings. The predicted octanol–water partition coefficient (Wildman–Crippen LogP) is 4.51. The van der Waals surface area contributed by atoms with Crippen molar-refractivity contribution in [3.05, 3.63) is 79.0 Å². The highest BCUT2D eigenvalue weighted by Gasteiger charge is 2.17. The fraction of sp³-hybridized carbons (Fsp3) is 0.150. The molecule has 0 atom stereocenters. The highest BCUT2D eigenvalue weighted by molar-refractivity contribution is 7.98. The summed E-state index contributed by atoms with van der Waals surface area (Å²) in [6.07, 6.45) is 7.44. The average Bonchev–Trinajstić information content (AvgIpc) is 3.41. The Bertz CT molecular complexity index is 1050. The Morgan fingerprint density at radius 3 is 2.78 bits per heavy atom. The molecule has 0 N–H and O–H groups in total. The van der Waals surface area contributed by atoms with E-state index in [1.54, 1.807) is 18.0 Å². The molecule has 3 aromatic heterocycles. The van der Waals surface area contributed by atoms with Gasteiger partial charge in [0.1, 0.15) is 5.76 Å². The van der Waals surface area contributed by atoms with E-state index in [9.17, 15) is 0 Å². The van der Waals surface area contributed by atoms with Crippen LogP contribution in [0.1, 0.15) is 11.3 Å². The summed E-state index contributed by atoms with van der Waals surface area (Å²) >= 11 is 1.63. The molecular weight excluding hydrogens is 358 g/mol. The number of furan rings is 1. The van der Waals surface area contributed by atoms with Crippen LogP contribution in [0.3, 0.4) is 0 Å². The molecule has 0 fully saturated rings. The van der Waals surface area contributed by atoms with Crippen molar-refractivity contribution >= 4 is 11.8 Å². The fourth-order valence-electron chi connectivity index (χ4n) is 2.81. The zero-order valence-corrected chi connectivity index (χ0v) is 15.8. The first-order valence-corrected chi connectivity index (χ1v) is 9.55. The van der Waals surface area contributed by atoms with Gasteiger partial charge in [0.05, 0.1) is 23.7 Å². The number of thioether (sulfide) groups is 1. The van der Waals surface area contributed by atoms with E-state index in [1.807, 2.05) is 66.5 Å². The molecule has 4 aromatic rings. The van der Waals surface area contributed by atoms with E-state index in [2.05, 4.69) is 26.4 Å². The molecule has 0 amide bonds. The third-order valence-corrected chi connectivity index (χ3v) is 5.19. The Balaban J connectivity index is 1.53. The Morgan fingerprint density at radius 2 is 2.04 bits per heavy atom. The Hall–Kier alpha value is -3.06. The topological polar surface area (TPSA) is 61.7 Å². The molecule has 0 saturated carbocycles. The number of allylic oxidation sites excluding steroid dienone is 1. The van der Waals surface area contributed by atoms with Crippen molar-refractivity contribution in [3.8, 4) is 17.1 Å². The van der Waals surface area contributed by atoms with Gasteiger partial charge in [-0.15, -0.1) is 16.8 Å². The van der Waals surface area contributed by atoms with Crippen LogP contribution < -0.4 is 0 Å². The lowest BCUT2D eigenvalue weighted by Gasteiger charge is -2.06. The minimum absolute atomic E-state index is 0.637. The molecule has 1 aromatic carbocycles. The number of aromatic nitrogens is 5. The lowest BCUT2D eigenvalue weighted by atomic mass is 10.2. The van der Waals surface area contributed by atoms with Crippen LogP contribution in [0.15, 0.2) is 77.3 Å². The van der Waals surface area contributed by atoms with Gasteiger partial charge in [0.15, 0.2) is 11.0 Å². The average molecular weight is 377 g/mol. The Labute approximate surface area is 161 Å². The van der Waals surface area contributed by atoms with Crippen molar-refractivity contribution in [2.75, 3.05) is 0 Å². The Morgan fingerprint density at radius 1 is 1.19 bits per heavy atom. The summed E-state index contributed by atoms with van der Waals surface area (Å²) in [6, 6.07) is 12.0. The van der Waals surface area contributed by atoms with Gasteiger partial charge in [-0.3, -0.25) is 4.57 Å². The van der Waals surface area contributed by atoms with E-state index in [-0.39, 0.29) is 0 Å². The number of aryl methyl sites for hydroxylation is 1. The van der Waals surface area contributed by atoms with Crippen molar-refractivity contribution in [1.82, 2.24) is 24.5 Å². The highest BCUT2D eigenvalue weighted by atomic mass is 32.2. The van der Waals surface area contributed by atoms with Crippen LogP contribution in [-0.2, 0) is 12.3 Å². The molecule has 27 heavy (non-hydrogen) atoms. The third-order valence-electron chi connectivity index (χ3n) is 4.15. The molecule has 0 spiro atoms. The zero-order valence-electron chi connectivity index (χ0n) is 14.9.